The monoisotopic (exact) mass is 586 g/mol. The third-order valence-electron chi connectivity index (χ3n) is 7.75. The molecule has 39 heavy (non-hydrogen) atoms. The summed E-state index contributed by atoms with van der Waals surface area (Å²) < 4.78 is 33.4. The first-order valence-electron chi connectivity index (χ1n) is 13.1. The number of carbonyl (C=O) groups excluding carboxylic acids is 1. The van der Waals surface area contributed by atoms with Gasteiger partial charge in [-0.2, -0.15) is 15.1 Å². The zero-order valence-corrected chi connectivity index (χ0v) is 23.1. The number of anilines is 1. The van der Waals surface area contributed by atoms with Gasteiger partial charge in [-0.15, -0.1) is 12.1 Å². The number of methoxy groups -OCH3 is 1. The van der Waals surface area contributed by atoms with Crippen molar-refractivity contribution >= 4 is 22.7 Å². The Morgan fingerprint density at radius 1 is 1.26 bits per heavy atom. The van der Waals surface area contributed by atoms with Crippen molar-refractivity contribution < 1.29 is 40.5 Å². The molecule has 6 rings (SSSR count). The maximum absolute atomic E-state index is 15.4. The van der Waals surface area contributed by atoms with Crippen LogP contribution < -0.4 is 9.64 Å². The molecular formula is C27H32CuFN6O4. The minimum atomic E-state index is -0.350. The van der Waals surface area contributed by atoms with Crippen molar-refractivity contribution in [3.63, 3.8) is 0 Å². The molecule has 2 aromatic heterocycles. The fourth-order valence-corrected chi connectivity index (χ4v) is 5.91. The number of rotatable bonds is 7. The van der Waals surface area contributed by atoms with Crippen molar-refractivity contribution in [2.75, 3.05) is 51.4 Å². The Bertz CT molecular complexity index is 1360. The number of likely N-dealkylation sites (tertiary alicyclic amines) is 1. The van der Waals surface area contributed by atoms with Crippen LogP contribution in [0, 0.1) is 13.1 Å². The van der Waals surface area contributed by atoms with Gasteiger partial charge >= 0.3 is 29.0 Å². The van der Waals surface area contributed by atoms with E-state index in [-0.39, 0.29) is 60.3 Å². The van der Waals surface area contributed by atoms with Gasteiger partial charge in [-0.25, -0.2) is 4.68 Å². The van der Waals surface area contributed by atoms with Gasteiger partial charge in [-0.05, 0) is 44.5 Å². The smallest absolute Gasteiger partial charge is 0.467 e. The van der Waals surface area contributed by atoms with E-state index in [0.717, 1.165) is 40.8 Å². The molecule has 3 atom stereocenters. The third-order valence-corrected chi connectivity index (χ3v) is 7.75. The number of fused-ring (bicyclic) bond motifs is 3. The molecule has 2 bridgehead atoms. The normalized spacial score (nSPS) is 23.3. The third kappa shape index (κ3) is 5.35. The SMILES string of the molecule is CCOC(=O)CN1CCC(c2cc3c(cnn3-c3cc(N4CC5CC4CO5)nc(OC)n3)cc2C)[C-](F)C1.[Cu+]. The second-order valence-corrected chi connectivity index (χ2v) is 10.2. The number of aromatic nitrogens is 4. The summed E-state index contributed by atoms with van der Waals surface area (Å²) in [5.41, 5.74) is 2.76. The Kier molecular flexibility index (Phi) is 8.09. The summed E-state index contributed by atoms with van der Waals surface area (Å²) in [4.78, 5) is 25.1. The van der Waals surface area contributed by atoms with Crippen molar-refractivity contribution in [3.05, 3.63) is 41.7 Å². The van der Waals surface area contributed by atoms with E-state index in [2.05, 4.69) is 20.0 Å². The molecule has 3 aromatic rings. The molecule has 12 heteroatoms. The van der Waals surface area contributed by atoms with E-state index in [1.165, 1.54) is 0 Å². The van der Waals surface area contributed by atoms with E-state index >= 15 is 4.39 Å². The minimum absolute atomic E-state index is 0. The summed E-state index contributed by atoms with van der Waals surface area (Å²) in [6.45, 7) is 6.40. The summed E-state index contributed by atoms with van der Waals surface area (Å²) >= 11 is 0. The number of carbonyl (C=O) groups is 1. The number of hydrogen-bond acceptors (Lipinski definition) is 9. The van der Waals surface area contributed by atoms with Gasteiger partial charge in [0.25, 0.3) is 0 Å². The van der Waals surface area contributed by atoms with Gasteiger partial charge in [0.05, 0.1) is 50.7 Å². The summed E-state index contributed by atoms with van der Waals surface area (Å²) in [5, 5.41) is 5.58. The van der Waals surface area contributed by atoms with E-state index in [4.69, 9.17) is 14.2 Å². The van der Waals surface area contributed by atoms with Crippen LogP contribution in [0.25, 0.3) is 16.7 Å². The van der Waals surface area contributed by atoms with E-state index in [0.29, 0.717) is 38.0 Å². The van der Waals surface area contributed by atoms with Crippen molar-refractivity contribution in [1.82, 2.24) is 24.6 Å². The van der Waals surface area contributed by atoms with Gasteiger partial charge in [0.1, 0.15) is 5.82 Å². The predicted octanol–water partition coefficient (Wildman–Crippen LogP) is 2.96. The first-order valence-corrected chi connectivity index (χ1v) is 13.1. The molecule has 3 fully saturated rings. The van der Waals surface area contributed by atoms with Crippen molar-refractivity contribution in [2.45, 2.75) is 44.8 Å². The molecular weight excluding hydrogens is 555 g/mol. The number of halogens is 1. The number of benzene rings is 1. The molecule has 3 aliphatic heterocycles. The zero-order chi connectivity index (χ0) is 26.4. The number of aryl methyl sites for hydroxylation is 1. The molecule has 0 N–H and O–H groups in total. The van der Waals surface area contributed by atoms with E-state index < -0.39 is 0 Å². The zero-order valence-electron chi connectivity index (χ0n) is 22.2. The Morgan fingerprint density at radius 3 is 2.77 bits per heavy atom. The second kappa shape index (κ2) is 11.4. The minimum Gasteiger partial charge on any atom is -0.467 e. The number of ether oxygens (including phenoxy) is 3. The fourth-order valence-electron chi connectivity index (χ4n) is 5.91. The van der Waals surface area contributed by atoms with Crippen LogP contribution in [0.1, 0.15) is 36.8 Å². The van der Waals surface area contributed by atoms with Gasteiger partial charge in [0.2, 0.25) is 0 Å². The maximum atomic E-state index is 15.4. The van der Waals surface area contributed by atoms with Crippen LogP contribution >= 0.6 is 0 Å². The molecule has 1 aromatic carbocycles. The molecule has 0 amide bonds. The average Bonchev–Trinajstić information content (AvgIpc) is 3.64. The summed E-state index contributed by atoms with van der Waals surface area (Å²) in [6, 6.07) is 6.55. The molecule has 212 valence electrons. The molecule has 10 nitrogen and oxygen atoms in total. The van der Waals surface area contributed by atoms with Crippen LogP contribution in [0.4, 0.5) is 10.2 Å². The van der Waals surface area contributed by atoms with Crippen molar-refractivity contribution in [2.24, 2.45) is 0 Å². The van der Waals surface area contributed by atoms with Gasteiger partial charge in [0.15, 0.2) is 5.82 Å². The van der Waals surface area contributed by atoms with E-state index in [1.54, 1.807) is 29.8 Å². The van der Waals surface area contributed by atoms with Crippen molar-refractivity contribution in [3.8, 4) is 11.8 Å². The molecule has 0 radical (unpaired) electrons. The topological polar surface area (TPSA) is 94.8 Å². The second-order valence-electron chi connectivity index (χ2n) is 10.2. The largest absolute Gasteiger partial charge is 1.00 e. The van der Waals surface area contributed by atoms with E-state index in [1.807, 2.05) is 25.1 Å². The standard InChI is InChI=1S/C27H32FN6O4.Cu/c1-4-37-26(35)14-32-6-5-20(22(28)13-32)21-9-23-17(7-16(21)2)11-29-34(23)25-10-24(30-27(31-25)36-3)33-12-19-8-18(33)15-38-19;/h7,9-11,18-20H,4-6,8,12-15H2,1-3H3;/q-1;+1. The molecule has 0 spiro atoms. The maximum Gasteiger partial charge on any atom is 1.00 e. The predicted molar refractivity (Wildman–Crippen MR) is 138 cm³/mol. The Morgan fingerprint density at radius 2 is 2.08 bits per heavy atom. The van der Waals surface area contributed by atoms with Crippen LogP contribution in [0.5, 0.6) is 6.01 Å². The number of nitrogens with zero attached hydrogens (tertiary/aromatic N) is 6. The van der Waals surface area contributed by atoms with Gasteiger partial charge in [-0.1, -0.05) is 18.5 Å². The summed E-state index contributed by atoms with van der Waals surface area (Å²) in [5.74, 6) is 0.701. The molecule has 0 saturated carbocycles. The van der Waals surface area contributed by atoms with Crippen LogP contribution in [0.2, 0.25) is 0 Å². The first-order chi connectivity index (χ1) is 18.4. The van der Waals surface area contributed by atoms with Gasteiger partial charge < -0.3 is 28.4 Å². The summed E-state index contributed by atoms with van der Waals surface area (Å²) in [7, 11) is 1.55. The molecule has 3 unspecified atom stereocenters. The van der Waals surface area contributed by atoms with Crippen LogP contribution in [0.3, 0.4) is 0 Å². The number of hydrogen-bond donors (Lipinski definition) is 0. The Balaban J connectivity index is 0.00000308. The van der Waals surface area contributed by atoms with E-state index in [9.17, 15) is 4.79 Å². The average molecular weight is 587 g/mol. The summed E-state index contributed by atoms with van der Waals surface area (Å²) in [6.07, 6.45) is 3.46. The fraction of sp³-hybridized carbons (Fsp3) is 0.519. The molecule has 0 aliphatic carbocycles. The number of morpholine rings is 1. The van der Waals surface area contributed by atoms with Crippen LogP contribution in [-0.2, 0) is 31.3 Å². The van der Waals surface area contributed by atoms with Gasteiger partial charge in [0, 0.05) is 18.0 Å². The number of esters is 1. The first kappa shape index (κ1) is 27.8. The molecule has 5 heterocycles. The van der Waals surface area contributed by atoms with Crippen molar-refractivity contribution in [1.29, 1.82) is 0 Å². The number of piperidine rings is 1. The Hall–Kier alpha value is -2.79. The van der Waals surface area contributed by atoms with Crippen LogP contribution in [-0.4, -0.2) is 89.3 Å². The Labute approximate surface area is 237 Å². The quantitative estimate of drug-likeness (QED) is 0.235. The van der Waals surface area contributed by atoms with Gasteiger partial charge in [-0.3, -0.25) is 4.79 Å². The van der Waals surface area contributed by atoms with Crippen LogP contribution in [0.15, 0.2) is 24.4 Å². The molecule has 3 aliphatic rings. The molecule has 3 saturated heterocycles.